The maximum absolute atomic E-state index is 12.6. The Kier molecular flexibility index (Phi) is 6.35. The van der Waals surface area contributed by atoms with Gasteiger partial charge in [-0.15, -0.1) is 21.5 Å². The number of methoxy groups -OCH3 is 1. The van der Waals surface area contributed by atoms with Gasteiger partial charge in [0, 0.05) is 25.0 Å². The third-order valence-corrected chi connectivity index (χ3v) is 7.80. The fourth-order valence-electron chi connectivity index (χ4n) is 3.22. The molecule has 31 heavy (non-hydrogen) atoms. The number of thiophene rings is 1. The standard InChI is InChI=1S/C20H22N4O5S2/c1-28-16-7-5-14(6-8-16)12-21-31(26,27)17-11-15(13-30-17)18-22-23-19(29-18)20(25)24-9-3-2-4-10-24/h5-8,11,13,21H,2-4,9-10,12H2,1H3. The van der Waals surface area contributed by atoms with E-state index in [1.165, 1.54) is 6.07 Å². The molecule has 0 bridgehead atoms. The summed E-state index contributed by atoms with van der Waals surface area (Å²) in [4.78, 5) is 14.2. The van der Waals surface area contributed by atoms with Crippen LogP contribution in [0.4, 0.5) is 0 Å². The summed E-state index contributed by atoms with van der Waals surface area (Å²) in [6.07, 6.45) is 3.03. The number of nitrogens with zero attached hydrogens (tertiary/aromatic N) is 3. The van der Waals surface area contributed by atoms with Gasteiger partial charge in [-0.05, 0) is 43.0 Å². The Labute approximate surface area is 184 Å². The van der Waals surface area contributed by atoms with Gasteiger partial charge < -0.3 is 14.1 Å². The van der Waals surface area contributed by atoms with Gasteiger partial charge >= 0.3 is 11.8 Å². The number of carbonyl (C=O) groups is 1. The highest BCUT2D eigenvalue weighted by molar-refractivity contribution is 7.91. The number of nitrogens with one attached hydrogen (secondary N) is 1. The van der Waals surface area contributed by atoms with Crippen molar-refractivity contribution in [2.75, 3.05) is 20.2 Å². The molecule has 4 rings (SSSR count). The molecule has 3 heterocycles. The molecule has 2 aromatic heterocycles. The molecule has 0 aliphatic carbocycles. The molecule has 1 aliphatic heterocycles. The smallest absolute Gasteiger partial charge is 0.311 e. The summed E-state index contributed by atoms with van der Waals surface area (Å²) in [6, 6.07) is 8.58. The molecule has 1 N–H and O–H groups in total. The Balaban J connectivity index is 1.43. The lowest BCUT2D eigenvalue weighted by molar-refractivity contribution is 0.0684. The van der Waals surface area contributed by atoms with Crippen LogP contribution in [0.5, 0.6) is 5.75 Å². The van der Waals surface area contributed by atoms with Crippen molar-refractivity contribution in [3.05, 3.63) is 47.2 Å². The number of rotatable bonds is 7. The van der Waals surface area contributed by atoms with Gasteiger partial charge in [-0.25, -0.2) is 13.1 Å². The van der Waals surface area contributed by atoms with E-state index in [2.05, 4.69) is 14.9 Å². The van der Waals surface area contributed by atoms with Gasteiger partial charge in [-0.1, -0.05) is 12.1 Å². The van der Waals surface area contributed by atoms with Crippen LogP contribution < -0.4 is 9.46 Å². The monoisotopic (exact) mass is 462 g/mol. The second-order valence-electron chi connectivity index (χ2n) is 7.09. The van der Waals surface area contributed by atoms with E-state index in [4.69, 9.17) is 9.15 Å². The molecule has 0 spiro atoms. The third-order valence-electron chi connectivity index (χ3n) is 4.96. The molecule has 0 radical (unpaired) electrons. The zero-order valence-corrected chi connectivity index (χ0v) is 18.5. The molecule has 3 aromatic rings. The van der Waals surface area contributed by atoms with Crippen LogP contribution in [0.1, 0.15) is 35.5 Å². The first-order valence-electron chi connectivity index (χ1n) is 9.80. The van der Waals surface area contributed by atoms with Crippen molar-refractivity contribution in [3.63, 3.8) is 0 Å². The van der Waals surface area contributed by atoms with E-state index in [-0.39, 0.29) is 28.4 Å². The molecular formula is C20H22N4O5S2. The van der Waals surface area contributed by atoms with E-state index in [1.54, 1.807) is 41.7 Å². The number of likely N-dealkylation sites (tertiary alicyclic amines) is 1. The maximum Gasteiger partial charge on any atom is 0.311 e. The summed E-state index contributed by atoms with van der Waals surface area (Å²) in [6.45, 7) is 1.50. The molecule has 0 saturated carbocycles. The summed E-state index contributed by atoms with van der Waals surface area (Å²) in [5.41, 5.74) is 1.26. The highest BCUT2D eigenvalue weighted by atomic mass is 32.2. The predicted octanol–water partition coefficient (Wildman–Crippen LogP) is 2.91. The molecular weight excluding hydrogens is 440 g/mol. The Bertz CT molecular complexity index is 1150. The topological polar surface area (TPSA) is 115 Å². The van der Waals surface area contributed by atoms with Crippen molar-refractivity contribution in [3.8, 4) is 17.2 Å². The molecule has 11 heteroatoms. The summed E-state index contributed by atoms with van der Waals surface area (Å²) in [5, 5.41) is 9.39. The van der Waals surface area contributed by atoms with Crippen LogP contribution in [0, 0.1) is 0 Å². The van der Waals surface area contributed by atoms with Gasteiger partial charge in [-0.2, -0.15) is 0 Å². The quantitative estimate of drug-likeness (QED) is 0.574. The second-order valence-corrected chi connectivity index (χ2v) is 10.00. The van der Waals surface area contributed by atoms with Gasteiger partial charge in [0.25, 0.3) is 0 Å². The molecule has 1 saturated heterocycles. The lowest BCUT2D eigenvalue weighted by atomic mass is 10.1. The van der Waals surface area contributed by atoms with Gasteiger partial charge in [0.05, 0.1) is 12.7 Å². The molecule has 1 amide bonds. The zero-order valence-electron chi connectivity index (χ0n) is 16.9. The SMILES string of the molecule is COc1ccc(CNS(=O)(=O)c2cc(-c3nnc(C(=O)N4CCCCC4)o3)cs2)cc1. The second kappa shape index (κ2) is 9.16. The van der Waals surface area contributed by atoms with E-state index < -0.39 is 10.0 Å². The highest BCUT2D eigenvalue weighted by Gasteiger charge is 2.25. The van der Waals surface area contributed by atoms with Crippen LogP contribution >= 0.6 is 11.3 Å². The van der Waals surface area contributed by atoms with Crippen LogP contribution in [0.3, 0.4) is 0 Å². The fraction of sp³-hybridized carbons (Fsp3) is 0.350. The predicted molar refractivity (Wildman–Crippen MR) is 114 cm³/mol. The Morgan fingerprint density at radius 3 is 2.65 bits per heavy atom. The van der Waals surface area contributed by atoms with E-state index in [0.29, 0.717) is 24.4 Å². The molecule has 9 nitrogen and oxygen atoms in total. The van der Waals surface area contributed by atoms with E-state index >= 15 is 0 Å². The number of aromatic nitrogens is 2. The first kappa shape index (κ1) is 21.5. The minimum absolute atomic E-state index is 0.0786. The minimum atomic E-state index is -3.72. The van der Waals surface area contributed by atoms with Crippen LogP contribution in [0.25, 0.3) is 11.5 Å². The average Bonchev–Trinajstić information content (AvgIpc) is 3.48. The van der Waals surface area contributed by atoms with Gasteiger partial charge in [0.2, 0.25) is 15.9 Å². The van der Waals surface area contributed by atoms with Crippen molar-refractivity contribution >= 4 is 27.3 Å². The fourth-order valence-corrected chi connectivity index (χ4v) is 5.44. The van der Waals surface area contributed by atoms with Crippen LogP contribution in [-0.2, 0) is 16.6 Å². The van der Waals surface area contributed by atoms with Crippen molar-refractivity contribution in [1.82, 2.24) is 19.8 Å². The summed E-state index contributed by atoms with van der Waals surface area (Å²) in [5.74, 6) is 0.452. The number of hydrogen-bond donors (Lipinski definition) is 1. The van der Waals surface area contributed by atoms with E-state index in [1.807, 2.05) is 0 Å². The van der Waals surface area contributed by atoms with E-state index in [9.17, 15) is 13.2 Å². The number of sulfonamides is 1. The summed E-state index contributed by atoms with van der Waals surface area (Å²) >= 11 is 1.04. The number of amides is 1. The molecule has 164 valence electrons. The molecule has 1 fully saturated rings. The van der Waals surface area contributed by atoms with Gasteiger partial charge in [0.1, 0.15) is 9.96 Å². The molecule has 1 aliphatic rings. The number of piperidine rings is 1. The summed E-state index contributed by atoms with van der Waals surface area (Å²) in [7, 11) is -2.14. The van der Waals surface area contributed by atoms with Crippen LogP contribution in [-0.4, -0.2) is 49.6 Å². The maximum atomic E-state index is 12.6. The first-order valence-corrected chi connectivity index (χ1v) is 12.2. The summed E-state index contributed by atoms with van der Waals surface area (Å²) < 4.78 is 38.6. The lowest BCUT2D eigenvalue weighted by Crippen LogP contribution is -2.35. The zero-order chi connectivity index (χ0) is 21.8. The minimum Gasteiger partial charge on any atom is -0.497 e. The Morgan fingerprint density at radius 1 is 1.19 bits per heavy atom. The van der Waals surface area contributed by atoms with E-state index in [0.717, 1.165) is 36.2 Å². The normalized spacial score (nSPS) is 14.5. The lowest BCUT2D eigenvalue weighted by Gasteiger charge is -2.24. The van der Waals surface area contributed by atoms with Crippen molar-refractivity contribution in [2.24, 2.45) is 0 Å². The number of ether oxygens (including phenoxy) is 1. The van der Waals surface area contributed by atoms with Crippen LogP contribution in [0.2, 0.25) is 0 Å². The number of benzene rings is 1. The number of carbonyl (C=O) groups excluding carboxylic acids is 1. The average molecular weight is 463 g/mol. The Hall–Kier alpha value is -2.76. The molecule has 0 atom stereocenters. The molecule has 0 unspecified atom stereocenters. The third kappa shape index (κ3) is 4.94. The van der Waals surface area contributed by atoms with Crippen molar-refractivity contribution in [2.45, 2.75) is 30.0 Å². The van der Waals surface area contributed by atoms with Gasteiger partial charge in [-0.3, -0.25) is 4.79 Å². The first-order chi connectivity index (χ1) is 15.0. The molecule has 1 aromatic carbocycles. The van der Waals surface area contributed by atoms with Crippen molar-refractivity contribution in [1.29, 1.82) is 0 Å². The largest absolute Gasteiger partial charge is 0.497 e. The van der Waals surface area contributed by atoms with Crippen LogP contribution in [0.15, 0.2) is 44.3 Å². The number of hydrogen-bond acceptors (Lipinski definition) is 8. The van der Waals surface area contributed by atoms with Gasteiger partial charge in [0.15, 0.2) is 0 Å². The highest BCUT2D eigenvalue weighted by Crippen LogP contribution is 2.28. The Morgan fingerprint density at radius 2 is 1.94 bits per heavy atom. The van der Waals surface area contributed by atoms with Crippen molar-refractivity contribution < 1.29 is 22.4 Å².